The molecule has 2 amide bonds. The van der Waals surface area contributed by atoms with E-state index in [0.29, 0.717) is 5.69 Å². The predicted molar refractivity (Wildman–Crippen MR) is 84.6 cm³/mol. The second-order valence-corrected chi connectivity index (χ2v) is 5.34. The molecule has 2 rings (SSSR count). The van der Waals surface area contributed by atoms with Gasteiger partial charge in [-0.05, 0) is 42.3 Å². The van der Waals surface area contributed by atoms with Crippen molar-refractivity contribution in [2.45, 2.75) is 19.2 Å². The number of aliphatic hydroxyl groups excluding tert-OH is 1. The third-order valence-electron chi connectivity index (χ3n) is 3.33. The van der Waals surface area contributed by atoms with E-state index in [9.17, 15) is 23.1 Å². The summed E-state index contributed by atoms with van der Waals surface area (Å²) in [6, 6.07) is 11.0. The van der Waals surface area contributed by atoms with Crippen molar-refractivity contribution in [3.05, 3.63) is 65.2 Å². The minimum atomic E-state index is -4.48. The number of amides is 2. The first-order valence-corrected chi connectivity index (χ1v) is 7.22. The predicted octanol–water partition coefficient (Wildman–Crippen LogP) is 3.87. The maximum Gasteiger partial charge on any atom is 0.416 e. The first-order valence-electron chi connectivity index (χ1n) is 7.22. The van der Waals surface area contributed by atoms with Crippen LogP contribution in [0.4, 0.5) is 23.7 Å². The maximum absolute atomic E-state index is 12.7. The van der Waals surface area contributed by atoms with Crippen LogP contribution in [0.25, 0.3) is 0 Å². The van der Waals surface area contributed by atoms with Gasteiger partial charge in [0.05, 0.1) is 11.7 Å². The van der Waals surface area contributed by atoms with Crippen LogP contribution >= 0.6 is 0 Å². The van der Waals surface area contributed by atoms with Crippen LogP contribution in [0.2, 0.25) is 0 Å². The van der Waals surface area contributed by atoms with Gasteiger partial charge >= 0.3 is 12.2 Å². The second kappa shape index (κ2) is 7.35. The molecule has 0 aliphatic carbocycles. The highest BCUT2D eigenvalue weighted by Crippen LogP contribution is 2.30. The molecule has 4 nitrogen and oxygen atoms in total. The fourth-order valence-electron chi connectivity index (χ4n) is 2.13. The fraction of sp³-hybridized carbons (Fsp3) is 0.235. The number of alkyl halides is 3. The van der Waals surface area contributed by atoms with E-state index in [-0.39, 0.29) is 12.1 Å². The van der Waals surface area contributed by atoms with E-state index in [2.05, 4.69) is 10.6 Å². The molecule has 0 aliphatic rings. The smallest absolute Gasteiger partial charge is 0.387 e. The Hall–Kier alpha value is -2.54. The standard InChI is InChI=1S/C17H17F3N2O2/c1-11-4-2-7-14(8-11)22-16(24)21-10-15(23)12-5-3-6-13(9-12)17(18,19)20/h2-9,15,23H,10H2,1H3,(H2,21,22,24). The second-order valence-electron chi connectivity index (χ2n) is 5.34. The Morgan fingerprint density at radius 3 is 2.54 bits per heavy atom. The first-order chi connectivity index (χ1) is 11.3. The number of rotatable bonds is 4. The summed E-state index contributed by atoms with van der Waals surface area (Å²) in [5.74, 6) is 0. The SMILES string of the molecule is Cc1cccc(NC(=O)NCC(O)c2cccc(C(F)(F)F)c2)c1. The number of aryl methyl sites for hydroxylation is 1. The topological polar surface area (TPSA) is 61.4 Å². The number of nitrogens with one attached hydrogen (secondary N) is 2. The quantitative estimate of drug-likeness (QED) is 0.792. The molecule has 7 heteroatoms. The molecule has 0 radical (unpaired) electrons. The third kappa shape index (κ3) is 4.99. The van der Waals surface area contributed by atoms with Crippen molar-refractivity contribution < 1.29 is 23.1 Å². The molecule has 2 aromatic carbocycles. The summed E-state index contributed by atoms with van der Waals surface area (Å²) in [7, 11) is 0. The number of hydrogen-bond donors (Lipinski definition) is 3. The van der Waals surface area contributed by atoms with Gasteiger partial charge in [0, 0.05) is 12.2 Å². The number of halogens is 3. The van der Waals surface area contributed by atoms with E-state index in [1.165, 1.54) is 12.1 Å². The van der Waals surface area contributed by atoms with E-state index in [0.717, 1.165) is 17.7 Å². The molecule has 2 aromatic rings. The lowest BCUT2D eigenvalue weighted by Gasteiger charge is -2.15. The summed E-state index contributed by atoms with van der Waals surface area (Å²) in [6.45, 7) is 1.67. The summed E-state index contributed by atoms with van der Waals surface area (Å²) in [5.41, 5.74) is 0.793. The van der Waals surface area contributed by atoms with Crippen LogP contribution in [-0.4, -0.2) is 17.7 Å². The number of hydrogen-bond acceptors (Lipinski definition) is 2. The van der Waals surface area contributed by atoms with Gasteiger partial charge in [-0.25, -0.2) is 4.79 Å². The summed E-state index contributed by atoms with van der Waals surface area (Å²) in [5, 5.41) is 15.0. The molecule has 3 N–H and O–H groups in total. The van der Waals surface area contributed by atoms with Crippen LogP contribution in [0, 0.1) is 6.92 Å². The molecule has 0 aromatic heterocycles. The Morgan fingerprint density at radius 1 is 1.17 bits per heavy atom. The van der Waals surface area contributed by atoms with Gasteiger partial charge in [0.2, 0.25) is 0 Å². The number of aliphatic hydroxyl groups is 1. The average molecular weight is 338 g/mol. The van der Waals surface area contributed by atoms with E-state index >= 15 is 0 Å². The molecule has 0 bridgehead atoms. The van der Waals surface area contributed by atoms with Gasteiger partial charge in [-0.3, -0.25) is 0 Å². The van der Waals surface area contributed by atoms with E-state index in [1.807, 2.05) is 13.0 Å². The Morgan fingerprint density at radius 2 is 1.88 bits per heavy atom. The monoisotopic (exact) mass is 338 g/mol. The van der Waals surface area contributed by atoms with Crippen LogP contribution in [-0.2, 0) is 6.18 Å². The van der Waals surface area contributed by atoms with Crippen molar-refractivity contribution in [3.8, 4) is 0 Å². The zero-order chi connectivity index (χ0) is 17.7. The van der Waals surface area contributed by atoms with E-state index < -0.39 is 23.9 Å². The van der Waals surface area contributed by atoms with Gasteiger partial charge in [-0.15, -0.1) is 0 Å². The molecule has 0 aliphatic heterocycles. The van der Waals surface area contributed by atoms with Crippen LogP contribution in [0.3, 0.4) is 0 Å². The lowest BCUT2D eigenvalue weighted by Crippen LogP contribution is -2.32. The van der Waals surface area contributed by atoms with Crippen molar-refractivity contribution in [1.29, 1.82) is 0 Å². The molecular weight excluding hydrogens is 321 g/mol. The molecule has 0 fully saturated rings. The Balaban J connectivity index is 1.93. The molecule has 24 heavy (non-hydrogen) atoms. The lowest BCUT2D eigenvalue weighted by molar-refractivity contribution is -0.137. The van der Waals surface area contributed by atoms with E-state index in [1.54, 1.807) is 18.2 Å². The van der Waals surface area contributed by atoms with Crippen LogP contribution in [0.15, 0.2) is 48.5 Å². The molecule has 1 unspecified atom stereocenters. The van der Waals surface area contributed by atoms with Gasteiger partial charge in [0.25, 0.3) is 0 Å². The van der Waals surface area contributed by atoms with Crippen molar-refractivity contribution in [2.75, 3.05) is 11.9 Å². The van der Waals surface area contributed by atoms with Crippen molar-refractivity contribution >= 4 is 11.7 Å². The van der Waals surface area contributed by atoms with Gasteiger partial charge in [0.1, 0.15) is 0 Å². The highest BCUT2D eigenvalue weighted by Gasteiger charge is 2.30. The summed E-state index contributed by atoms with van der Waals surface area (Å²) < 4.78 is 38.0. The van der Waals surface area contributed by atoms with Gasteiger partial charge in [-0.2, -0.15) is 13.2 Å². The highest BCUT2D eigenvalue weighted by atomic mass is 19.4. The van der Waals surface area contributed by atoms with Crippen molar-refractivity contribution in [2.24, 2.45) is 0 Å². The number of carbonyl (C=O) groups is 1. The summed E-state index contributed by atoms with van der Waals surface area (Å²) >= 11 is 0. The minimum Gasteiger partial charge on any atom is -0.387 e. The Bertz CT molecular complexity index is 717. The molecule has 0 saturated heterocycles. The Labute approximate surface area is 137 Å². The molecule has 0 spiro atoms. The van der Waals surface area contributed by atoms with E-state index in [4.69, 9.17) is 0 Å². The maximum atomic E-state index is 12.7. The zero-order valence-corrected chi connectivity index (χ0v) is 12.9. The van der Waals surface area contributed by atoms with Crippen molar-refractivity contribution in [3.63, 3.8) is 0 Å². The largest absolute Gasteiger partial charge is 0.416 e. The van der Waals surface area contributed by atoms with Gasteiger partial charge < -0.3 is 15.7 Å². The lowest BCUT2D eigenvalue weighted by atomic mass is 10.1. The first kappa shape index (κ1) is 17.8. The number of carbonyl (C=O) groups excluding carboxylic acids is 1. The molecule has 1 atom stereocenters. The van der Waals surface area contributed by atoms with Gasteiger partial charge in [0.15, 0.2) is 0 Å². The fourth-order valence-corrected chi connectivity index (χ4v) is 2.13. The number of urea groups is 1. The highest BCUT2D eigenvalue weighted by molar-refractivity contribution is 5.89. The normalized spacial score (nSPS) is 12.5. The summed E-state index contributed by atoms with van der Waals surface area (Å²) in [4.78, 5) is 11.8. The molecule has 0 saturated carbocycles. The number of benzene rings is 2. The average Bonchev–Trinajstić information content (AvgIpc) is 2.52. The third-order valence-corrected chi connectivity index (χ3v) is 3.33. The zero-order valence-electron chi connectivity index (χ0n) is 12.9. The van der Waals surface area contributed by atoms with Gasteiger partial charge in [-0.1, -0.05) is 24.3 Å². The van der Waals surface area contributed by atoms with Crippen LogP contribution < -0.4 is 10.6 Å². The minimum absolute atomic E-state index is 0.0840. The molecule has 0 heterocycles. The molecule has 128 valence electrons. The van der Waals surface area contributed by atoms with Crippen molar-refractivity contribution in [1.82, 2.24) is 5.32 Å². The van der Waals surface area contributed by atoms with Crippen LogP contribution in [0.5, 0.6) is 0 Å². The number of anilines is 1. The van der Waals surface area contributed by atoms with Crippen LogP contribution in [0.1, 0.15) is 22.8 Å². The Kier molecular flexibility index (Phi) is 5.46. The summed E-state index contributed by atoms with van der Waals surface area (Å²) in [6.07, 6.45) is -5.72. The molecular formula is C17H17F3N2O2.